The summed E-state index contributed by atoms with van der Waals surface area (Å²) in [5.74, 6) is -0.223. The first kappa shape index (κ1) is 31.5. The Morgan fingerprint density at radius 2 is 1.31 bits per heavy atom. The third-order valence-electron chi connectivity index (χ3n) is 7.60. The van der Waals surface area contributed by atoms with Gasteiger partial charge in [0.15, 0.2) is 0 Å². The van der Waals surface area contributed by atoms with Crippen LogP contribution in [0.1, 0.15) is 69.6 Å². The van der Waals surface area contributed by atoms with Gasteiger partial charge in [0.2, 0.25) is 5.91 Å². The molecule has 0 saturated carbocycles. The lowest BCUT2D eigenvalue weighted by Crippen LogP contribution is -2.53. The average molecular weight is 571 g/mol. The van der Waals surface area contributed by atoms with Gasteiger partial charge in [0.25, 0.3) is 0 Å². The number of aryl methyl sites for hydroxylation is 2. The van der Waals surface area contributed by atoms with Gasteiger partial charge in [0.05, 0.1) is 18.8 Å². The minimum atomic E-state index is -0.710. The number of ether oxygens (including phenoxy) is 2. The lowest BCUT2D eigenvalue weighted by Gasteiger charge is -2.34. The highest BCUT2D eigenvalue weighted by Crippen LogP contribution is 2.24. The van der Waals surface area contributed by atoms with E-state index in [9.17, 15) is 9.59 Å². The van der Waals surface area contributed by atoms with Crippen LogP contribution in [0.15, 0.2) is 91.0 Å². The molecule has 1 aliphatic heterocycles. The first-order valence-electron chi connectivity index (χ1n) is 15.3. The normalized spacial score (nSPS) is 16.9. The second-order valence-electron chi connectivity index (χ2n) is 12.2. The zero-order valence-corrected chi connectivity index (χ0v) is 25.3. The fraction of sp³-hybridized carbons (Fsp3) is 0.444. The number of rotatable bonds is 13. The van der Waals surface area contributed by atoms with Crippen molar-refractivity contribution in [3.05, 3.63) is 108 Å². The number of carbonyl (C=O) groups is 2. The van der Waals surface area contributed by atoms with Gasteiger partial charge >= 0.3 is 6.09 Å². The molecule has 2 atom stereocenters. The van der Waals surface area contributed by atoms with Crippen LogP contribution in [-0.4, -0.2) is 47.2 Å². The van der Waals surface area contributed by atoms with Crippen LogP contribution >= 0.6 is 0 Å². The van der Waals surface area contributed by atoms with Crippen molar-refractivity contribution in [3.63, 3.8) is 0 Å². The Morgan fingerprint density at radius 3 is 1.81 bits per heavy atom. The highest BCUT2D eigenvalue weighted by molar-refractivity contribution is 5.95. The van der Waals surface area contributed by atoms with E-state index in [0.29, 0.717) is 19.6 Å². The highest BCUT2D eigenvalue weighted by atomic mass is 16.6. The molecule has 4 rings (SSSR count). The molecule has 1 heterocycles. The Bertz CT molecular complexity index is 1180. The SMILES string of the molecule is CC(C)(C)OC(=O)N(C(=O)[C@@H]1C[C@@H](OCc2ccccc2)CN1)C(CCCc1ccccc1)CCCc1ccccc1. The molecule has 2 amide bonds. The van der Waals surface area contributed by atoms with E-state index in [-0.39, 0.29) is 18.1 Å². The summed E-state index contributed by atoms with van der Waals surface area (Å²) in [6.07, 6.45) is 4.81. The zero-order chi connectivity index (χ0) is 29.8. The smallest absolute Gasteiger partial charge is 0.417 e. The molecule has 3 aromatic carbocycles. The molecule has 0 spiro atoms. The van der Waals surface area contributed by atoms with Gasteiger partial charge in [-0.05, 0) is 82.4 Å². The van der Waals surface area contributed by atoms with Crippen molar-refractivity contribution in [1.82, 2.24) is 10.2 Å². The van der Waals surface area contributed by atoms with Gasteiger partial charge in [-0.3, -0.25) is 4.79 Å². The molecule has 0 radical (unpaired) electrons. The van der Waals surface area contributed by atoms with E-state index < -0.39 is 17.7 Å². The number of nitrogens with one attached hydrogen (secondary N) is 1. The zero-order valence-electron chi connectivity index (χ0n) is 25.3. The lowest BCUT2D eigenvalue weighted by atomic mass is 9.97. The molecule has 0 aromatic heterocycles. The first-order valence-corrected chi connectivity index (χ1v) is 15.3. The summed E-state index contributed by atoms with van der Waals surface area (Å²) in [7, 11) is 0. The molecule has 1 fully saturated rings. The molecule has 224 valence electrons. The van der Waals surface area contributed by atoms with Crippen molar-refractivity contribution in [1.29, 1.82) is 0 Å². The highest BCUT2D eigenvalue weighted by Gasteiger charge is 2.40. The summed E-state index contributed by atoms with van der Waals surface area (Å²) in [4.78, 5) is 29.2. The molecule has 1 aliphatic rings. The Hall–Kier alpha value is -3.48. The maximum absolute atomic E-state index is 14.1. The van der Waals surface area contributed by atoms with Crippen LogP contribution in [0.25, 0.3) is 0 Å². The lowest BCUT2D eigenvalue weighted by molar-refractivity contribution is -0.135. The second kappa shape index (κ2) is 15.7. The Kier molecular flexibility index (Phi) is 11.7. The second-order valence-corrected chi connectivity index (χ2v) is 12.2. The van der Waals surface area contributed by atoms with E-state index in [1.165, 1.54) is 16.0 Å². The molecule has 0 bridgehead atoms. The number of carbonyl (C=O) groups excluding carboxylic acids is 2. The quantitative estimate of drug-likeness (QED) is 0.237. The number of imide groups is 1. The molecule has 42 heavy (non-hydrogen) atoms. The third-order valence-corrected chi connectivity index (χ3v) is 7.60. The van der Waals surface area contributed by atoms with Crippen LogP contribution in [0.2, 0.25) is 0 Å². The summed E-state index contributed by atoms with van der Waals surface area (Å²) in [5.41, 5.74) is 2.90. The number of hydrogen-bond acceptors (Lipinski definition) is 5. The van der Waals surface area contributed by atoms with Gasteiger partial charge in [-0.15, -0.1) is 0 Å². The predicted molar refractivity (Wildman–Crippen MR) is 167 cm³/mol. The summed E-state index contributed by atoms with van der Waals surface area (Å²) in [5, 5.41) is 3.34. The summed E-state index contributed by atoms with van der Waals surface area (Å²) < 4.78 is 12.0. The molecule has 0 unspecified atom stereocenters. The van der Waals surface area contributed by atoms with E-state index >= 15 is 0 Å². The van der Waals surface area contributed by atoms with E-state index in [0.717, 1.165) is 44.1 Å². The van der Waals surface area contributed by atoms with E-state index in [2.05, 4.69) is 29.6 Å². The standard InChI is InChI=1S/C36H46N2O4/c1-36(2,3)42-35(40)38(34(39)33-25-32(26-37-33)41-27-30-19-11-6-12-20-30)31(23-13-21-28-15-7-4-8-16-28)24-14-22-29-17-9-5-10-18-29/h4-12,15-20,31-33,37H,13-14,21-27H2,1-3H3/t32-,33+/m1/s1. The van der Waals surface area contributed by atoms with Gasteiger partial charge < -0.3 is 14.8 Å². The van der Waals surface area contributed by atoms with E-state index in [1.54, 1.807) is 0 Å². The third kappa shape index (κ3) is 10.1. The minimum absolute atomic E-state index is 0.103. The maximum Gasteiger partial charge on any atom is 0.417 e. The molecule has 0 aliphatic carbocycles. The van der Waals surface area contributed by atoms with Crippen molar-refractivity contribution < 1.29 is 19.1 Å². The topological polar surface area (TPSA) is 67.9 Å². The van der Waals surface area contributed by atoms with Crippen LogP contribution < -0.4 is 5.32 Å². The Morgan fingerprint density at radius 1 is 0.810 bits per heavy atom. The molecular weight excluding hydrogens is 524 g/mol. The van der Waals surface area contributed by atoms with Gasteiger partial charge in [0.1, 0.15) is 5.60 Å². The van der Waals surface area contributed by atoms with Gasteiger partial charge in [-0.2, -0.15) is 0 Å². The fourth-order valence-corrected chi connectivity index (χ4v) is 5.48. The maximum atomic E-state index is 14.1. The first-order chi connectivity index (χ1) is 20.3. The van der Waals surface area contributed by atoms with E-state index in [1.807, 2.05) is 87.5 Å². The summed E-state index contributed by atoms with van der Waals surface area (Å²) >= 11 is 0. The van der Waals surface area contributed by atoms with Crippen LogP contribution in [0, 0.1) is 0 Å². The Balaban J connectivity index is 1.47. The molecule has 1 N–H and O–H groups in total. The van der Waals surface area contributed by atoms with Crippen LogP contribution in [0.5, 0.6) is 0 Å². The molecular formula is C36H46N2O4. The predicted octanol–water partition coefficient (Wildman–Crippen LogP) is 7.11. The fourth-order valence-electron chi connectivity index (χ4n) is 5.48. The number of benzene rings is 3. The van der Waals surface area contributed by atoms with Crippen molar-refractivity contribution in [3.8, 4) is 0 Å². The van der Waals surface area contributed by atoms with Crippen molar-refractivity contribution in [2.45, 2.75) is 96.1 Å². The molecule has 6 heteroatoms. The van der Waals surface area contributed by atoms with Crippen LogP contribution in [0.3, 0.4) is 0 Å². The van der Waals surface area contributed by atoms with Gasteiger partial charge in [0, 0.05) is 12.6 Å². The summed E-state index contributed by atoms with van der Waals surface area (Å²) in [6.45, 7) is 6.58. The number of nitrogens with zero attached hydrogens (tertiary/aromatic N) is 1. The van der Waals surface area contributed by atoms with Crippen molar-refractivity contribution >= 4 is 12.0 Å². The van der Waals surface area contributed by atoms with Crippen LogP contribution in [-0.2, 0) is 33.7 Å². The monoisotopic (exact) mass is 570 g/mol. The van der Waals surface area contributed by atoms with Crippen molar-refractivity contribution in [2.24, 2.45) is 0 Å². The van der Waals surface area contributed by atoms with Gasteiger partial charge in [-0.25, -0.2) is 9.69 Å². The average Bonchev–Trinajstić information content (AvgIpc) is 3.46. The largest absolute Gasteiger partial charge is 0.443 e. The Labute approximate surface area is 251 Å². The molecule has 1 saturated heterocycles. The minimum Gasteiger partial charge on any atom is -0.443 e. The van der Waals surface area contributed by atoms with Crippen molar-refractivity contribution in [2.75, 3.05) is 6.54 Å². The number of hydrogen-bond donors (Lipinski definition) is 1. The van der Waals surface area contributed by atoms with Gasteiger partial charge in [-0.1, -0.05) is 91.0 Å². The van der Waals surface area contributed by atoms with E-state index in [4.69, 9.17) is 9.47 Å². The van der Waals surface area contributed by atoms with Crippen LogP contribution in [0.4, 0.5) is 4.79 Å². The number of amides is 2. The molecule has 6 nitrogen and oxygen atoms in total. The summed E-state index contributed by atoms with van der Waals surface area (Å²) in [6, 6.07) is 30.0. The molecule has 3 aromatic rings.